The van der Waals surface area contributed by atoms with Crippen LogP contribution in [-0.4, -0.2) is 69.5 Å². The maximum absolute atomic E-state index is 17.7. The number of carbonyl (C=O) groups excluding carboxylic acids is 4. The molecule has 9 atom stereocenters. The number of aliphatic hydroxyl groups excluding tert-OH is 1. The molecule has 1 aromatic heterocycles. The first-order valence-electron chi connectivity index (χ1n) is 15.6. The van der Waals surface area contributed by atoms with Gasteiger partial charge in [-0.25, -0.2) is 18.0 Å². The van der Waals surface area contributed by atoms with Crippen molar-refractivity contribution in [3.05, 3.63) is 48.0 Å². The lowest BCUT2D eigenvalue weighted by Crippen LogP contribution is -2.70. The third-order valence-electron chi connectivity index (χ3n) is 10.7. The lowest BCUT2D eigenvalue weighted by molar-refractivity contribution is -0.221. The monoisotopic (exact) mass is 676 g/mol. The Labute approximate surface area is 275 Å². The molecule has 1 N–H and O–H groups in total. The van der Waals surface area contributed by atoms with Gasteiger partial charge < -0.3 is 19.0 Å². The molecule has 3 unspecified atom stereocenters. The van der Waals surface area contributed by atoms with Gasteiger partial charge in [0.1, 0.15) is 11.8 Å². The second kappa shape index (κ2) is 12.3. The minimum absolute atomic E-state index is 0.0164. The minimum atomic E-state index is -2.37. The number of esters is 2. The summed E-state index contributed by atoms with van der Waals surface area (Å²) in [5.41, 5.74) is -8.97. The van der Waals surface area contributed by atoms with Crippen molar-refractivity contribution < 1.29 is 51.3 Å². The fraction of sp³-hybridized carbons (Fsp3) is 0.600. The van der Waals surface area contributed by atoms with E-state index >= 15 is 8.78 Å². The van der Waals surface area contributed by atoms with Gasteiger partial charge in [0, 0.05) is 22.7 Å². The molecule has 12 heteroatoms. The fourth-order valence-corrected chi connectivity index (χ4v) is 9.63. The van der Waals surface area contributed by atoms with Gasteiger partial charge in [0.15, 0.2) is 23.7 Å². The molecule has 5 rings (SSSR count). The molecule has 4 aliphatic rings. The van der Waals surface area contributed by atoms with Gasteiger partial charge in [0.2, 0.25) is 10.9 Å². The second-order valence-corrected chi connectivity index (χ2v) is 15.0. The zero-order valence-electron chi connectivity index (χ0n) is 26.9. The second-order valence-electron chi connectivity index (χ2n) is 14.1. The van der Waals surface area contributed by atoms with Crippen LogP contribution in [0.3, 0.4) is 0 Å². The van der Waals surface area contributed by atoms with Crippen LogP contribution in [0.25, 0.3) is 0 Å². The number of carbonyl (C=O) groups is 4. The predicted octanol–water partition coefficient (Wildman–Crippen LogP) is 5.68. The van der Waals surface area contributed by atoms with Gasteiger partial charge in [-0.15, -0.1) is 0 Å². The third-order valence-corrected chi connectivity index (χ3v) is 11.6. The van der Waals surface area contributed by atoms with Crippen LogP contribution in [0.4, 0.5) is 13.2 Å². The highest BCUT2D eigenvalue weighted by Gasteiger charge is 2.78. The first kappa shape index (κ1) is 35.0. The summed E-state index contributed by atoms with van der Waals surface area (Å²) in [7, 11) is 0. The Morgan fingerprint density at radius 2 is 1.91 bits per heavy atom. The van der Waals surface area contributed by atoms with Gasteiger partial charge in [-0.05, 0) is 75.8 Å². The van der Waals surface area contributed by atoms with Crippen molar-refractivity contribution in [3.8, 4) is 11.8 Å². The number of fused-ring (bicyclic) bond motifs is 5. The number of aliphatic hydroxyl groups is 1. The Balaban J connectivity index is 1.46. The highest BCUT2D eigenvalue weighted by molar-refractivity contribution is 8.14. The highest BCUT2D eigenvalue weighted by atomic mass is 32.2. The molecule has 1 heterocycles. The standard InChI is InChI=1S/C35H39F3O8S/c1-20-15-22-23-17-25(36)24-16-21(39)10-11-32(24,4)34(23,38)27(40)18-33(22,5)35(20,46-29(42)26-9-8-13-44-26)30(43)47-14-7-6-12-45-28(41)19-31(2,3)37/h8-11,13,16,20,22-23,25,27,40H,12,14-15,17-19H2,1-5H3/t20-,22?,23?,25+,27+,32+,33?,34+,35+/m1/s1. The van der Waals surface area contributed by atoms with Crippen molar-refractivity contribution in [3.63, 3.8) is 0 Å². The van der Waals surface area contributed by atoms with E-state index in [0.29, 0.717) is 0 Å². The molecule has 0 spiro atoms. The number of thioether (sulfide) groups is 1. The summed E-state index contributed by atoms with van der Waals surface area (Å²) in [6.07, 6.45) is 0.679. The normalized spacial score (nSPS) is 37.4. The third kappa shape index (κ3) is 5.67. The number of allylic oxidation sites excluding steroid dienone is 4. The molecule has 0 saturated heterocycles. The van der Waals surface area contributed by atoms with E-state index < -0.39 is 87.1 Å². The van der Waals surface area contributed by atoms with Crippen molar-refractivity contribution in [1.82, 2.24) is 0 Å². The van der Waals surface area contributed by atoms with E-state index in [2.05, 4.69) is 11.8 Å². The molecule has 0 aliphatic heterocycles. The Morgan fingerprint density at radius 1 is 1.19 bits per heavy atom. The summed E-state index contributed by atoms with van der Waals surface area (Å²) in [6.45, 7) is 7.06. The topological polar surface area (TPSA) is 120 Å². The van der Waals surface area contributed by atoms with Gasteiger partial charge in [-0.3, -0.25) is 14.4 Å². The molecule has 0 radical (unpaired) electrons. The quantitative estimate of drug-likeness (QED) is 0.287. The summed E-state index contributed by atoms with van der Waals surface area (Å²) >= 11 is 0.758. The van der Waals surface area contributed by atoms with Crippen LogP contribution in [0.5, 0.6) is 0 Å². The van der Waals surface area contributed by atoms with Crippen LogP contribution in [0, 0.1) is 40.4 Å². The number of ketones is 1. The first-order valence-corrected chi connectivity index (χ1v) is 16.6. The number of ether oxygens (including phenoxy) is 2. The van der Waals surface area contributed by atoms with E-state index in [1.807, 2.05) is 0 Å². The number of halogens is 3. The molecular weight excluding hydrogens is 637 g/mol. The van der Waals surface area contributed by atoms with Crippen LogP contribution in [0.2, 0.25) is 0 Å². The maximum atomic E-state index is 17.7. The number of alkyl halides is 3. The Bertz CT molecular complexity index is 1570. The number of rotatable bonds is 7. The molecule has 3 fully saturated rings. The lowest BCUT2D eigenvalue weighted by Gasteiger charge is -2.63. The van der Waals surface area contributed by atoms with E-state index in [-0.39, 0.29) is 43.0 Å². The molecule has 8 nitrogen and oxygen atoms in total. The zero-order valence-corrected chi connectivity index (χ0v) is 27.8. The molecule has 0 bridgehead atoms. The van der Waals surface area contributed by atoms with E-state index in [0.717, 1.165) is 17.8 Å². The summed E-state index contributed by atoms with van der Waals surface area (Å²) in [5.74, 6) is 0.482. The van der Waals surface area contributed by atoms with Crippen LogP contribution in [0.1, 0.15) is 70.9 Å². The van der Waals surface area contributed by atoms with Crippen molar-refractivity contribution >= 4 is 34.6 Å². The number of hydrogen-bond acceptors (Lipinski definition) is 9. The van der Waals surface area contributed by atoms with Crippen molar-refractivity contribution in [2.24, 2.45) is 28.6 Å². The summed E-state index contributed by atoms with van der Waals surface area (Å²) in [6, 6.07) is 2.87. The predicted molar refractivity (Wildman–Crippen MR) is 166 cm³/mol. The smallest absolute Gasteiger partial charge is 0.375 e. The molecule has 4 aliphatic carbocycles. The van der Waals surface area contributed by atoms with Crippen molar-refractivity contribution in [1.29, 1.82) is 0 Å². The Hall–Kier alpha value is -3.30. The van der Waals surface area contributed by atoms with Crippen LogP contribution >= 0.6 is 11.8 Å². The van der Waals surface area contributed by atoms with Crippen LogP contribution in [-0.2, 0) is 23.9 Å². The Morgan fingerprint density at radius 3 is 2.57 bits per heavy atom. The number of hydrogen-bond donors (Lipinski definition) is 1. The molecule has 3 saturated carbocycles. The van der Waals surface area contributed by atoms with Crippen LogP contribution < -0.4 is 0 Å². The average molecular weight is 677 g/mol. The fourth-order valence-electron chi connectivity index (χ4n) is 8.63. The molecule has 47 heavy (non-hydrogen) atoms. The van der Waals surface area contributed by atoms with Crippen LogP contribution in [0.15, 0.2) is 46.6 Å². The average Bonchev–Trinajstić information content (AvgIpc) is 3.59. The van der Waals surface area contributed by atoms with E-state index in [4.69, 9.17) is 13.9 Å². The molecule has 254 valence electrons. The SMILES string of the molecule is C[C@@H]1CC2C3C[C@H](F)C4=CC(=O)C=C[C@]4(C)[C@@]3(F)[C@@H](O)CC2(C)[C@@]1(OC(=O)c1ccco1)C(=O)SCC#CCOC(=O)CC(C)(C)F. The molecule has 0 amide bonds. The van der Waals surface area contributed by atoms with Gasteiger partial charge in [0.05, 0.1) is 24.5 Å². The molecule has 0 aromatic carbocycles. The number of furan rings is 1. The van der Waals surface area contributed by atoms with E-state index in [1.54, 1.807) is 13.8 Å². The summed E-state index contributed by atoms with van der Waals surface area (Å²) < 4.78 is 63.5. The minimum Gasteiger partial charge on any atom is -0.457 e. The van der Waals surface area contributed by atoms with Gasteiger partial charge in [-0.1, -0.05) is 43.5 Å². The zero-order chi connectivity index (χ0) is 34.6. The maximum Gasteiger partial charge on any atom is 0.375 e. The van der Waals surface area contributed by atoms with Gasteiger partial charge in [-0.2, -0.15) is 0 Å². The molecular formula is C35H39F3O8S. The van der Waals surface area contributed by atoms with E-state index in [9.17, 15) is 28.7 Å². The highest BCUT2D eigenvalue weighted by Crippen LogP contribution is 2.72. The Kier molecular flexibility index (Phi) is 9.16. The van der Waals surface area contributed by atoms with Crippen molar-refractivity contribution in [2.45, 2.75) is 89.5 Å². The van der Waals surface area contributed by atoms with E-state index in [1.165, 1.54) is 51.3 Å². The van der Waals surface area contributed by atoms with Gasteiger partial charge in [0.25, 0.3) is 0 Å². The summed E-state index contributed by atoms with van der Waals surface area (Å²) in [5, 5.41) is 11.1. The van der Waals surface area contributed by atoms with Gasteiger partial charge >= 0.3 is 11.9 Å². The lowest BCUT2D eigenvalue weighted by atomic mass is 9.44. The summed E-state index contributed by atoms with van der Waals surface area (Å²) in [4.78, 5) is 51.7. The largest absolute Gasteiger partial charge is 0.457 e. The van der Waals surface area contributed by atoms with Crippen molar-refractivity contribution in [2.75, 3.05) is 12.4 Å². The molecule has 1 aromatic rings. The first-order chi connectivity index (χ1) is 21.9.